The van der Waals surface area contributed by atoms with Crippen molar-refractivity contribution in [3.8, 4) is 0 Å². The maximum Gasteiger partial charge on any atom is 0.275 e. The van der Waals surface area contributed by atoms with Crippen LogP contribution in [0.25, 0.3) is 10.9 Å². The summed E-state index contributed by atoms with van der Waals surface area (Å²) >= 11 is 0. The molecule has 0 unspecified atom stereocenters. The van der Waals surface area contributed by atoms with Crippen LogP contribution in [0.15, 0.2) is 36.7 Å². The fourth-order valence-corrected chi connectivity index (χ4v) is 3.09. The number of carbonyl (C=O) groups excluding carboxylic acids is 1. The molecule has 112 valence electrons. The van der Waals surface area contributed by atoms with Crippen molar-refractivity contribution in [2.75, 3.05) is 13.1 Å². The van der Waals surface area contributed by atoms with Crippen LogP contribution in [0.3, 0.4) is 0 Å². The highest BCUT2D eigenvalue weighted by Crippen LogP contribution is 2.26. The van der Waals surface area contributed by atoms with Crippen LogP contribution in [-0.2, 0) is 7.05 Å². The summed E-state index contributed by atoms with van der Waals surface area (Å²) in [7, 11) is 1.87. The number of likely N-dealkylation sites (tertiary alicyclic amines) is 1. The number of para-hydroxylation sites is 1. The minimum Gasteiger partial charge on any atom is -0.333 e. The number of hydrogen-bond acceptors (Lipinski definition) is 3. The number of aryl methyl sites for hydroxylation is 2. The van der Waals surface area contributed by atoms with Crippen molar-refractivity contribution >= 4 is 16.8 Å². The van der Waals surface area contributed by atoms with Crippen molar-refractivity contribution in [2.45, 2.75) is 13.0 Å². The Morgan fingerprint density at radius 2 is 2.05 bits per heavy atom. The molecule has 1 aliphatic heterocycles. The Balaban J connectivity index is 1.57. The summed E-state index contributed by atoms with van der Waals surface area (Å²) in [6, 6.07) is 8.15. The lowest BCUT2D eigenvalue weighted by molar-refractivity contribution is 0.0512. The molecule has 0 N–H and O–H groups in total. The van der Waals surface area contributed by atoms with Crippen LogP contribution < -0.4 is 0 Å². The van der Waals surface area contributed by atoms with E-state index in [2.05, 4.69) is 14.6 Å². The molecule has 6 nitrogen and oxygen atoms in total. The van der Waals surface area contributed by atoms with Crippen molar-refractivity contribution in [3.63, 3.8) is 0 Å². The molecule has 0 aliphatic carbocycles. The van der Waals surface area contributed by atoms with Crippen LogP contribution in [0, 0.1) is 6.92 Å². The molecule has 0 radical (unpaired) electrons. The van der Waals surface area contributed by atoms with Gasteiger partial charge in [-0.25, -0.2) is 4.98 Å². The summed E-state index contributed by atoms with van der Waals surface area (Å²) in [5, 5.41) is 5.32. The summed E-state index contributed by atoms with van der Waals surface area (Å²) in [5.74, 6) is 0.992. The fraction of sp³-hybridized carbons (Fsp3) is 0.312. The maximum absolute atomic E-state index is 12.7. The van der Waals surface area contributed by atoms with Crippen LogP contribution in [-0.4, -0.2) is 43.2 Å². The normalized spacial score (nSPS) is 15.3. The molecule has 1 saturated heterocycles. The van der Waals surface area contributed by atoms with Gasteiger partial charge in [-0.05, 0) is 13.0 Å². The number of hydrogen-bond donors (Lipinski definition) is 0. The van der Waals surface area contributed by atoms with Crippen LogP contribution in [0.1, 0.15) is 22.4 Å². The lowest BCUT2D eigenvalue weighted by atomic mass is 10.1. The quantitative estimate of drug-likeness (QED) is 0.724. The Hall–Kier alpha value is -2.63. The van der Waals surface area contributed by atoms with E-state index in [1.54, 1.807) is 10.9 Å². The molecule has 0 bridgehead atoms. The minimum atomic E-state index is 0.00539. The van der Waals surface area contributed by atoms with Gasteiger partial charge < -0.3 is 9.47 Å². The zero-order valence-electron chi connectivity index (χ0n) is 12.6. The number of amides is 1. The van der Waals surface area contributed by atoms with Crippen LogP contribution in [0.5, 0.6) is 0 Å². The minimum absolute atomic E-state index is 0.00539. The summed E-state index contributed by atoms with van der Waals surface area (Å²) in [6.07, 6.45) is 3.77. The molecular weight excluding hydrogens is 278 g/mol. The SMILES string of the molecule is Cc1nccn1C1CN(C(=O)c2nn(C)c3ccccc23)C1. The highest BCUT2D eigenvalue weighted by Gasteiger charge is 2.34. The van der Waals surface area contributed by atoms with E-state index >= 15 is 0 Å². The number of carbonyl (C=O) groups is 1. The molecule has 0 spiro atoms. The Bertz CT molecular complexity index is 856. The molecule has 1 amide bonds. The number of fused-ring (bicyclic) bond motifs is 1. The van der Waals surface area contributed by atoms with Gasteiger partial charge in [0.05, 0.1) is 11.6 Å². The molecule has 6 heteroatoms. The Morgan fingerprint density at radius 3 is 2.77 bits per heavy atom. The van der Waals surface area contributed by atoms with Gasteiger partial charge in [0.15, 0.2) is 5.69 Å². The first-order valence-corrected chi connectivity index (χ1v) is 7.35. The van der Waals surface area contributed by atoms with E-state index in [9.17, 15) is 4.79 Å². The zero-order valence-corrected chi connectivity index (χ0v) is 12.6. The summed E-state index contributed by atoms with van der Waals surface area (Å²) in [6.45, 7) is 3.40. The highest BCUT2D eigenvalue weighted by atomic mass is 16.2. The van der Waals surface area contributed by atoms with Crippen molar-refractivity contribution in [1.82, 2.24) is 24.2 Å². The maximum atomic E-state index is 12.7. The number of aromatic nitrogens is 4. The van der Waals surface area contributed by atoms with Crippen LogP contribution in [0.2, 0.25) is 0 Å². The van der Waals surface area contributed by atoms with Gasteiger partial charge in [-0.2, -0.15) is 5.10 Å². The Labute approximate surface area is 128 Å². The van der Waals surface area contributed by atoms with E-state index in [-0.39, 0.29) is 5.91 Å². The second-order valence-electron chi connectivity index (χ2n) is 5.74. The average molecular weight is 295 g/mol. The molecule has 3 aromatic rings. The van der Waals surface area contributed by atoms with Crippen LogP contribution in [0.4, 0.5) is 0 Å². The zero-order chi connectivity index (χ0) is 15.3. The molecule has 1 aromatic carbocycles. The second-order valence-corrected chi connectivity index (χ2v) is 5.74. The topological polar surface area (TPSA) is 56.0 Å². The highest BCUT2D eigenvalue weighted by molar-refractivity contribution is 6.05. The van der Waals surface area contributed by atoms with Crippen molar-refractivity contribution in [2.24, 2.45) is 7.05 Å². The first-order valence-electron chi connectivity index (χ1n) is 7.35. The van der Waals surface area contributed by atoms with Gasteiger partial charge in [-0.15, -0.1) is 0 Å². The molecule has 1 fully saturated rings. The predicted molar refractivity (Wildman–Crippen MR) is 82.6 cm³/mol. The largest absolute Gasteiger partial charge is 0.333 e. The van der Waals surface area contributed by atoms with Gasteiger partial charge in [0.25, 0.3) is 5.91 Å². The van der Waals surface area contributed by atoms with Gasteiger partial charge in [-0.1, -0.05) is 18.2 Å². The molecule has 3 heterocycles. The van der Waals surface area contributed by atoms with Crippen molar-refractivity contribution in [1.29, 1.82) is 0 Å². The third-order valence-electron chi connectivity index (χ3n) is 4.37. The molecular formula is C16H17N5O. The molecule has 22 heavy (non-hydrogen) atoms. The summed E-state index contributed by atoms with van der Waals surface area (Å²) in [5.41, 5.74) is 1.52. The first kappa shape index (κ1) is 13.1. The van der Waals surface area contributed by atoms with Gasteiger partial charge in [-0.3, -0.25) is 9.48 Å². The van der Waals surface area contributed by atoms with Gasteiger partial charge in [0.1, 0.15) is 5.82 Å². The first-order chi connectivity index (χ1) is 10.6. The number of benzene rings is 1. The smallest absolute Gasteiger partial charge is 0.275 e. The molecule has 0 atom stereocenters. The fourth-order valence-electron chi connectivity index (χ4n) is 3.09. The lowest BCUT2D eigenvalue weighted by Gasteiger charge is -2.40. The van der Waals surface area contributed by atoms with Crippen molar-refractivity contribution in [3.05, 3.63) is 48.2 Å². The van der Waals surface area contributed by atoms with E-state index in [4.69, 9.17) is 0 Å². The van der Waals surface area contributed by atoms with Gasteiger partial charge >= 0.3 is 0 Å². The second kappa shape index (κ2) is 4.69. The third-order valence-corrected chi connectivity index (χ3v) is 4.37. The third kappa shape index (κ3) is 1.83. The monoisotopic (exact) mass is 295 g/mol. The predicted octanol–water partition coefficient (Wildman–Crippen LogP) is 1.78. The van der Waals surface area contributed by atoms with Gasteiger partial charge in [0.2, 0.25) is 0 Å². The Kier molecular flexibility index (Phi) is 2.79. The van der Waals surface area contributed by atoms with E-state index in [1.165, 1.54) is 0 Å². The van der Waals surface area contributed by atoms with Crippen molar-refractivity contribution < 1.29 is 4.79 Å². The van der Waals surface area contributed by atoms with Gasteiger partial charge in [0, 0.05) is 37.9 Å². The molecule has 0 saturated carbocycles. The van der Waals surface area contributed by atoms with E-state index in [1.807, 2.05) is 49.3 Å². The van der Waals surface area contributed by atoms with E-state index in [0.717, 1.165) is 16.7 Å². The number of rotatable bonds is 2. The van der Waals surface area contributed by atoms with E-state index in [0.29, 0.717) is 24.8 Å². The molecule has 4 rings (SSSR count). The van der Waals surface area contributed by atoms with E-state index < -0.39 is 0 Å². The summed E-state index contributed by atoms with van der Waals surface area (Å²) in [4.78, 5) is 18.8. The standard InChI is InChI=1S/C16H17N5O/c1-11-17-7-8-21(11)12-9-20(10-12)16(22)15-13-5-3-4-6-14(13)19(2)18-15/h3-8,12H,9-10H2,1-2H3. The summed E-state index contributed by atoms with van der Waals surface area (Å²) < 4.78 is 3.89. The lowest BCUT2D eigenvalue weighted by Crippen LogP contribution is -2.51. The number of nitrogens with zero attached hydrogens (tertiary/aromatic N) is 5. The molecule has 1 aliphatic rings. The average Bonchev–Trinajstić information content (AvgIpc) is 3.03. The number of imidazole rings is 1. The molecule has 2 aromatic heterocycles. The van der Waals surface area contributed by atoms with Crippen LogP contribution >= 0.6 is 0 Å². The Morgan fingerprint density at radius 1 is 1.27 bits per heavy atom.